The van der Waals surface area contributed by atoms with Crippen LogP contribution >= 0.6 is 11.6 Å². The highest BCUT2D eigenvalue weighted by Crippen LogP contribution is 2.28. The van der Waals surface area contributed by atoms with Crippen molar-refractivity contribution in [1.82, 2.24) is 0 Å². The number of nitrogens with two attached hydrogens (primary N) is 1. The summed E-state index contributed by atoms with van der Waals surface area (Å²) in [5, 5.41) is 10.3. The Morgan fingerprint density at radius 1 is 1.25 bits per heavy atom. The molecule has 0 saturated heterocycles. The normalized spacial score (nSPS) is 14.2. The maximum absolute atomic E-state index is 14.0. The molecule has 1 aromatic carbocycles. The highest BCUT2D eigenvalue weighted by Gasteiger charge is 2.23. The number of hydrogen-bond acceptors (Lipinski definition) is 2. The van der Waals surface area contributed by atoms with E-state index in [2.05, 4.69) is 6.92 Å². The Morgan fingerprint density at radius 2 is 1.95 bits per heavy atom. The standard InChI is InChI=1S/C16H25ClFNO/c1-2-3-4-5-6-10-15(20)13(11-19)12-8-7-9-14(17)16(12)18/h7-9,13,15,20H,2-6,10-11,19H2,1H3. The number of halogens is 2. The lowest BCUT2D eigenvalue weighted by molar-refractivity contribution is 0.131. The van der Waals surface area contributed by atoms with Crippen LogP contribution in [0.1, 0.15) is 56.9 Å². The van der Waals surface area contributed by atoms with Crippen LogP contribution in [0, 0.1) is 5.82 Å². The van der Waals surface area contributed by atoms with Crippen molar-refractivity contribution >= 4 is 11.6 Å². The minimum absolute atomic E-state index is 0.0797. The van der Waals surface area contributed by atoms with Crippen LogP contribution in [0.15, 0.2) is 18.2 Å². The first kappa shape index (κ1) is 17.4. The lowest BCUT2D eigenvalue weighted by atomic mass is 9.90. The van der Waals surface area contributed by atoms with Gasteiger partial charge in [0.2, 0.25) is 0 Å². The SMILES string of the molecule is CCCCCCCC(O)C(CN)c1cccc(Cl)c1F. The molecule has 0 aliphatic rings. The van der Waals surface area contributed by atoms with E-state index in [1.54, 1.807) is 12.1 Å². The molecular formula is C16H25ClFNO. The average Bonchev–Trinajstić information content (AvgIpc) is 2.44. The Balaban J connectivity index is 2.58. The minimum Gasteiger partial charge on any atom is -0.392 e. The van der Waals surface area contributed by atoms with Crippen LogP contribution in [-0.2, 0) is 0 Å². The Labute approximate surface area is 126 Å². The smallest absolute Gasteiger partial charge is 0.145 e. The van der Waals surface area contributed by atoms with Gasteiger partial charge in [-0.05, 0) is 18.1 Å². The number of unbranched alkanes of at least 4 members (excludes halogenated alkanes) is 4. The predicted octanol–water partition coefficient (Wildman–Crippen LogP) is 4.24. The van der Waals surface area contributed by atoms with E-state index >= 15 is 0 Å². The van der Waals surface area contributed by atoms with Gasteiger partial charge in [-0.2, -0.15) is 0 Å². The molecule has 0 radical (unpaired) electrons. The summed E-state index contributed by atoms with van der Waals surface area (Å²) < 4.78 is 14.0. The van der Waals surface area contributed by atoms with E-state index in [-0.39, 0.29) is 17.5 Å². The first-order valence-corrected chi connectivity index (χ1v) is 7.81. The van der Waals surface area contributed by atoms with Crippen molar-refractivity contribution in [2.45, 2.75) is 57.5 Å². The van der Waals surface area contributed by atoms with Crippen molar-refractivity contribution in [3.63, 3.8) is 0 Å². The predicted molar refractivity (Wildman–Crippen MR) is 82.6 cm³/mol. The Hall–Kier alpha value is -0.640. The van der Waals surface area contributed by atoms with Crippen LogP contribution in [0.25, 0.3) is 0 Å². The van der Waals surface area contributed by atoms with Crippen LogP contribution in [0.2, 0.25) is 5.02 Å². The maximum atomic E-state index is 14.0. The number of rotatable bonds is 9. The lowest BCUT2D eigenvalue weighted by Crippen LogP contribution is -2.26. The average molecular weight is 302 g/mol. The molecule has 0 aromatic heterocycles. The molecule has 0 aliphatic carbocycles. The van der Waals surface area contributed by atoms with Crippen molar-refractivity contribution < 1.29 is 9.50 Å². The van der Waals surface area contributed by atoms with Crippen LogP contribution < -0.4 is 5.73 Å². The van der Waals surface area contributed by atoms with Crippen LogP contribution in [0.3, 0.4) is 0 Å². The second kappa shape index (κ2) is 9.32. The molecule has 4 heteroatoms. The summed E-state index contributed by atoms with van der Waals surface area (Å²) in [6.07, 6.45) is 5.68. The summed E-state index contributed by atoms with van der Waals surface area (Å²) in [6.45, 7) is 2.38. The topological polar surface area (TPSA) is 46.2 Å². The van der Waals surface area contributed by atoms with E-state index in [0.29, 0.717) is 12.0 Å². The van der Waals surface area contributed by atoms with Gasteiger partial charge in [-0.3, -0.25) is 0 Å². The summed E-state index contributed by atoms with van der Waals surface area (Å²) in [5.74, 6) is -0.852. The molecule has 2 atom stereocenters. The van der Waals surface area contributed by atoms with Crippen LogP contribution in [0.4, 0.5) is 4.39 Å². The minimum atomic E-state index is -0.616. The van der Waals surface area contributed by atoms with Gasteiger partial charge < -0.3 is 10.8 Å². The van der Waals surface area contributed by atoms with Gasteiger partial charge in [0, 0.05) is 12.5 Å². The number of hydrogen-bond donors (Lipinski definition) is 2. The second-order valence-electron chi connectivity index (χ2n) is 5.26. The van der Waals surface area contributed by atoms with Crippen molar-refractivity contribution in [2.24, 2.45) is 5.73 Å². The zero-order chi connectivity index (χ0) is 15.0. The molecule has 0 saturated carbocycles. The molecule has 2 nitrogen and oxygen atoms in total. The van der Waals surface area contributed by atoms with Crippen molar-refractivity contribution in [3.8, 4) is 0 Å². The van der Waals surface area contributed by atoms with Gasteiger partial charge in [0.25, 0.3) is 0 Å². The molecule has 3 N–H and O–H groups in total. The van der Waals surface area contributed by atoms with Gasteiger partial charge >= 0.3 is 0 Å². The molecular weight excluding hydrogens is 277 g/mol. The molecule has 1 aromatic rings. The van der Waals surface area contributed by atoms with Gasteiger partial charge in [-0.15, -0.1) is 0 Å². The monoisotopic (exact) mass is 301 g/mol. The third-order valence-corrected chi connectivity index (χ3v) is 3.99. The van der Waals surface area contributed by atoms with Gasteiger partial charge in [0.15, 0.2) is 0 Å². The van der Waals surface area contributed by atoms with Gasteiger partial charge in [-0.1, -0.05) is 62.8 Å². The molecule has 0 spiro atoms. The van der Waals surface area contributed by atoms with E-state index in [0.717, 1.165) is 12.8 Å². The molecule has 0 heterocycles. The van der Waals surface area contributed by atoms with Gasteiger partial charge in [-0.25, -0.2) is 4.39 Å². The lowest BCUT2D eigenvalue weighted by Gasteiger charge is -2.22. The highest BCUT2D eigenvalue weighted by atomic mass is 35.5. The highest BCUT2D eigenvalue weighted by molar-refractivity contribution is 6.30. The third kappa shape index (κ3) is 5.04. The molecule has 0 bridgehead atoms. The largest absolute Gasteiger partial charge is 0.392 e. The van der Waals surface area contributed by atoms with Crippen LogP contribution in [-0.4, -0.2) is 17.8 Å². The summed E-state index contributed by atoms with van der Waals surface area (Å²) >= 11 is 5.78. The first-order chi connectivity index (χ1) is 9.61. The summed E-state index contributed by atoms with van der Waals surface area (Å²) in [4.78, 5) is 0. The fourth-order valence-corrected chi connectivity index (χ4v) is 2.64. The molecule has 1 rings (SSSR count). The molecule has 0 fully saturated rings. The third-order valence-electron chi connectivity index (χ3n) is 3.70. The van der Waals surface area contributed by atoms with Crippen molar-refractivity contribution in [2.75, 3.05) is 6.54 Å². The van der Waals surface area contributed by atoms with E-state index < -0.39 is 11.9 Å². The number of benzene rings is 1. The summed E-state index contributed by atoms with van der Waals surface area (Å²) in [7, 11) is 0. The quantitative estimate of drug-likeness (QED) is 0.670. The molecule has 0 amide bonds. The fourth-order valence-electron chi connectivity index (χ4n) is 2.46. The van der Waals surface area contributed by atoms with Crippen LogP contribution in [0.5, 0.6) is 0 Å². The van der Waals surface area contributed by atoms with Gasteiger partial charge in [0.1, 0.15) is 5.82 Å². The Bertz CT molecular complexity index is 400. The van der Waals surface area contributed by atoms with E-state index in [1.165, 1.54) is 25.3 Å². The van der Waals surface area contributed by atoms with E-state index in [9.17, 15) is 9.50 Å². The zero-order valence-electron chi connectivity index (χ0n) is 12.1. The Morgan fingerprint density at radius 3 is 2.60 bits per heavy atom. The summed E-state index contributed by atoms with van der Waals surface area (Å²) in [6, 6.07) is 4.85. The van der Waals surface area contributed by atoms with Crippen molar-refractivity contribution in [3.05, 3.63) is 34.6 Å². The summed E-state index contributed by atoms with van der Waals surface area (Å²) in [5.41, 5.74) is 6.12. The van der Waals surface area contributed by atoms with Gasteiger partial charge in [0.05, 0.1) is 11.1 Å². The maximum Gasteiger partial charge on any atom is 0.145 e. The Kier molecular flexibility index (Phi) is 8.12. The fraction of sp³-hybridized carbons (Fsp3) is 0.625. The van der Waals surface area contributed by atoms with E-state index in [1.807, 2.05) is 0 Å². The molecule has 114 valence electrons. The number of aliphatic hydroxyl groups is 1. The number of aliphatic hydroxyl groups excluding tert-OH is 1. The molecule has 2 unspecified atom stereocenters. The molecule has 20 heavy (non-hydrogen) atoms. The molecule has 0 aliphatic heterocycles. The van der Waals surface area contributed by atoms with E-state index in [4.69, 9.17) is 17.3 Å². The van der Waals surface area contributed by atoms with Crippen molar-refractivity contribution in [1.29, 1.82) is 0 Å². The zero-order valence-corrected chi connectivity index (χ0v) is 12.9. The first-order valence-electron chi connectivity index (χ1n) is 7.43. The second-order valence-corrected chi connectivity index (χ2v) is 5.66.